The standard InChI is InChI=1S/C13H15NO2/c1-8(2)13-11(7-15)10-6-9(16-3)4-5-12(10)14-13/h4-8,14H,1-3H3. The molecule has 2 rings (SSSR count). The van der Waals surface area contributed by atoms with E-state index in [2.05, 4.69) is 18.8 Å². The van der Waals surface area contributed by atoms with Crippen molar-refractivity contribution in [1.29, 1.82) is 0 Å². The fourth-order valence-electron chi connectivity index (χ4n) is 1.92. The highest BCUT2D eigenvalue weighted by molar-refractivity contribution is 5.99. The monoisotopic (exact) mass is 217 g/mol. The van der Waals surface area contributed by atoms with Crippen LogP contribution in [-0.2, 0) is 0 Å². The molecular weight excluding hydrogens is 202 g/mol. The fourth-order valence-corrected chi connectivity index (χ4v) is 1.92. The topological polar surface area (TPSA) is 42.1 Å². The molecule has 3 nitrogen and oxygen atoms in total. The smallest absolute Gasteiger partial charge is 0.152 e. The summed E-state index contributed by atoms with van der Waals surface area (Å²) in [5, 5.41) is 0.929. The molecule has 0 atom stereocenters. The van der Waals surface area contributed by atoms with Gasteiger partial charge >= 0.3 is 0 Å². The van der Waals surface area contributed by atoms with Crippen LogP contribution in [0.15, 0.2) is 18.2 Å². The molecule has 0 amide bonds. The van der Waals surface area contributed by atoms with Crippen molar-refractivity contribution < 1.29 is 9.53 Å². The van der Waals surface area contributed by atoms with Crippen LogP contribution in [0.2, 0.25) is 0 Å². The Morgan fingerprint density at radius 3 is 2.69 bits per heavy atom. The molecule has 1 aromatic heterocycles. The number of aromatic nitrogens is 1. The lowest BCUT2D eigenvalue weighted by molar-refractivity contribution is 0.112. The number of nitrogens with one attached hydrogen (secondary N) is 1. The van der Waals surface area contributed by atoms with E-state index in [1.165, 1.54) is 0 Å². The summed E-state index contributed by atoms with van der Waals surface area (Å²) in [6.07, 6.45) is 0.910. The zero-order chi connectivity index (χ0) is 11.7. The molecule has 1 N–H and O–H groups in total. The number of ether oxygens (including phenoxy) is 1. The first-order chi connectivity index (χ1) is 7.67. The summed E-state index contributed by atoms with van der Waals surface area (Å²) in [5.41, 5.74) is 2.70. The fraction of sp³-hybridized carbons (Fsp3) is 0.308. The van der Waals surface area contributed by atoms with Crippen molar-refractivity contribution in [3.63, 3.8) is 0 Å². The predicted octanol–water partition coefficient (Wildman–Crippen LogP) is 3.11. The quantitative estimate of drug-likeness (QED) is 0.802. The Morgan fingerprint density at radius 2 is 2.12 bits per heavy atom. The van der Waals surface area contributed by atoms with Crippen molar-refractivity contribution in [3.05, 3.63) is 29.5 Å². The van der Waals surface area contributed by atoms with Crippen molar-refractivity contribution >= 4 is 17.2 Å². The molecule has 3 heteroatoms. The van der Waals surface area contributed by atoms with Crippen LogP contribution in [0.25, 0.3) is 10.9 Å². The number of carbonyl (C=O) groups is 1. The van der Waals surface area contributed by atoms with E-state index in [4.69, 9.17) is 4.74 Å². The molecule has 84 valence electrons. The summed E-state index contributed by atoms with van der Waals surface area (Å²) < 4.78 is 5.16. The number of hydrogen-bond donors (Lipinski definition) is 1. The second-order valence-electron chi connectivity index (χ2n) is 4.14. The maximum Gasteiger partial charge on any atom is 0.152 e. The largest absolute Gasteiger partial charge is 0.497 e. The molecule has 16 heavy (non-hydrogen) atoms. The van der Waals surface area contributed by atoms with Crippen LogP contribution < -0.4 is 4.74 Å². The Kier molecular flexibility index (Phi) is 2.69. The van der Waals surface area contributed by atoms with E-state index in [0.717, 1.165) is 34.2 Å². The van der Waals surface area contributed by atoms with Crippen molar-refractivity contribution in [2.75, 3.05) is 7.11 Å². The highest BCUT2D eigenvalue weighted by Crippen LogP contribution is 2.28. The molecule has 0 fully saturated rings. The summed E-state index contributed by atoms with van der Waals surface area (Å²) in [7, 11) is 1.62. The molecular formula is C13H15NO2. The van der Waals surface area contributed by atoms with Crippen LogP contribution in [0.4, 0.5) is 0 Å². The second-order valence-corrected chi connectivity index (χ2v) is 4.14. The lowest BCUT2D eigenvalue weighted by atomic mass is 10.0. The summed E-state index contributed by atoms with van der Waals surface area (Å²) >= 11 is 0. The lowest BCUT2D eigenvalue weighted by Gasteiger charge is -2.01. The first kappa shape index (κ1) is 10.7. The lowest BCUT2D eigenvalue weighted by Crippen LogP contribution is -1.92. The van der Waals surface area contributed by atoms with Gasteiger partial charge in [-0.1, -0.05) is 13.8 Å². The molecule has 0 bridgehead atoms. The van der Waals surface area contributed by atoms with Gasteiger partial charge in [0.05, 0.1) is 7.11 Å². The van der Waals surface area contributed by atoms with Crippen molar-refractivity contribution in [2.45, 2.75) is 19.8 Å². The van der Waals surface area contributed by atoms with Crippen LogP contribution in [-0.4, -0.2) is 18.4 Å². The Morgan fingerprint density at radius 1 is 1.38 bits per heavy atom. The zero-order valence-corrected chi connectivity index (χ0v) is 9.70. The number of carbonyl (C=O) groups excluding carboxylic acids is 1. The molecule has 0 aliphatic rings. The molecule has 1 heterocycles. The van der Waals surface area contributed by atoms with E-state index in [9.17, 15) is 4.79 Å². The first-order valence-corrected chi connectivity index (χ1v) is 5.32. The average Bonchev–Trinajstić information content (AvgIpc) is 2.66. The van der Waals surface area contributed by atoms with Gasteiger partial charge in [0, 0.05) is 22.2 Å². The van der Waals surface area contributed by atoms with Crippen molar-refractivity contribution in [3.8, 4) is 5.75 Å². The van der Waals surface area contributed by atoms with Crippen LogP contribution in [0.5, 0.6) is 5.75 Å². The van der Waals surface area contributed by atoms with Crippen LogP contribution in [0.1, 0.15) is 35.8 Å². The van der Waals surface area contributed by atoms with Crippen LogP contribution in [0, 0.1) is 0 Å². The Bertz CT molecular complexity index is 526. The molecule has 0 aliphatic carbocycles. The number of methoxy groups -OCH3 is 1. The van der Waals surface area contributed by atoms with Gasteiger partial charge in [0.1, 0.15) is 5.75 Å². The van der Waals surface area contributed by atoms with Gasteiger partial charge in [-0.25, -0.2) is 0 Å². The molecule has 0 saturated heterocycles. The maximum atomic E-state index is 11.1. The molecule has 0 aliphatic heterocycles. The van der Waals surface area contributed by atoms with E-state index < -0.39 is 0 Å². The third kappa shape index (κ3) is 1.58. The normalized spacial score (nSPS) is 11.0. The van der Waals surface area contributed by atoms with Gasteiger partial charge in [-0.05, 0) is 24.1 Å². The number of rotatable bonds is 3. The Balaban J connectivity index is 2.73. The van der Waals surface area contributed by atoms with E-state index in [0.29, 0.717) is 5.92 Å². The molecule has 0 unspecified atom stereocenters. The number of benzene rings is 1. The molecule has 0 saturated carbocycles. The number of fused-ring (bicyclic) bond motifs is 1. The Labute approximate surface area is 94.4 Å². The molecule has 2 aromatic rings. The van der Waals surface area contributed by atoms with Gasteiger partial charge in [0.15, 0.2) is 6.29 Å². The molecule has 1 aromatic carbocycles. The molecule has 0 spiro atoms. The van der Waals surface area contributed by atoms with Gasteiger partial charge in [0.2, 0.25) is 0 Å². The van der Waals surface area contributed by atoms with Crippen molar-refractivity contribution in [1.82, 2.24) is 4.98 Å². The zero-order valence-electron chi connectivity index (χ0n) is 9.70. The third-order valence-electron chi connectivity index (χ3n) is 2.77. The van der Waals surface area contributed by atoms with Gasteiger partial charge in [-0.15, -0.1) is 0 Å². The van der Waals surface area contributed by atoms with E-state index in [1.54, 1.807) is 7.11 Å². The highest BCUT2D eigenvalue weighted by atomic mass is 16.5. The number of hydrogen-bond acceptors (Lipinski definition) is 2. The minimum atomic E-state index is 0.304. The average molecular weight is 217 g/mol. The maximum absolute atomic E-state index is 11.1. The van der Waals surface area contributed by atoms with Crippen molar-refractivity contribution in [2.24, 2.45) is 0 Å². The van der Waals surface area contributed by atoms with Gasteiger partial charge < -0.3 is 9.72 Å². The minimum Gasteiger partial charge on any atom is -0.497 e. The first-order valence-electron chi connectivity index (χ1n) is 5.32. The van der Waals surface area contributed by atoms with Gasteiger partial charge in [-0.2, -0.15) is 0 Å². The van der Waals surface area contributed by atoms with Crippen LogP contribution >= 0.6 is 0 Å². The van der Waals surface area contributed by atoms with Crippen LogP contribution in [0.3, 0.4) is 0 Å². The third-order valence-corrected chi connectivity index (χ3v) is 2.77. The number of H-pyrrole nitrogens is 1. The van der Waals surface area contributed by atoms with E-state index in [1.807, 2.05) is 18.2 Å². The van der Waals surface area contributed by atoms with E-state index >= 15 is 0 Å². The summed E-state index contributed by atoms with van der Waals surface area (Å²) in [5.74, 6) is 1.07. The van der Waals surface area contributed by atoms with Gasteiger partial charge in [-0.3, -0.25) is 4.79 Å². The minimum absolute atomic E-state index is 0.304. The second kappa shape index (κ2) is 4.00. The summed E-state index contributed by atoms with van der Waals surface area (Å²) in [4.78, 5) is 14.4. The predicted molar refractivity (Wildman–Crippen MR) is 64.3 cm³/mol. The summed E-state index contributed by atoms with van der Waals surface area (Å²) in [6, 6.07) is 5.71. The van der Waals surface area contributed by atoms with E-state index in [-0.39, 0.29) is 0 Å². The molecule has 0 radical (unpaired) electrons. The highest BCUT2D eigenvalue weighted by Gasteiger charge is 2.13. The summed E-state index contributed by atoms with van der Waals surface area (Å²) in [6.45, 7) is 4.13. The SMILES string of the molecule is COc1ccc2[nH]c(C(C)C)c(C=O)c2c1. The number of aldehydes is 1. The van der Waals surface area contributed by atoms with Gasteiger partial charge in [0.25, 0.3) is 0 Å². The number of aromatic amines is 1. The Hall–Kier alpha value is -1.77.